The number of nitrogens with zero attached hydrogens (tertiary/aromatic N) is 1. The molecule has 34 heavy (non-hydrogen) atoms. The highest BCUT2D eigenvalue weighted by Gasteiger charge is 2.25. The van der Waals surface area contributed by atoms with Crippen molar-refractivity contribution in [1.82, 2.24) is 20.6 Å². The van der Waals surface area contributed by atoms with Gasteiger partial charge in [-0.3, -0.25) is 14.4 Å². The number of thiophene rings is 1. The van der Waals surface area contributed by atoms with Crippen molar-refractivity contribution in [2.24, 2.45) is 5.92 Å². The number of methoxy groups -OCH3 is 1. The number of H-pyrrole nitrogens is 1. The lowest BCUT2D eigenvalue weighted by molar-refractivity contribution is -0.119. The predicted molar refractivity (Wildman–Crippen MR) is 129 cm³/mol. The Morgan fingerprint density at radius 3 is 2.94 bits per heavy atom. The van der Waals surface area contributed by atoms with Crippen LogP contribution in [0.25, 0.3) is 10.2 Å². The lowest BCUT2D eigenvalue weighted by Crippen LogP contribution is -2.30. The maximum absolute atomic E-state index is 12.7. The maximum Gasteiger partial charge on any atom is 0.287 e. The Morgan fingerprint density at radius 1 is 1.29 bits per heavy atom. The standard InChI is InChI=1S/C24H28N4O5S/c1-14(29)26-18-7-6-16(8-18)11-33-12-17-13-34-24-20(17)22(30)27-21(28-24)23(31)25-10-15-4-3-5-19(9-15)32-2/h3-5,9,13,16,18H,6-8,10-12H2,1-2H3,(H,25,31)(H,26,29)(H,27,28,30). The predicted octanol–water partition coefficient (Wildman–Crippen LogP) is 2.74. The third-order valence-electron chi connectivity index (χ3n) is 5.88. The number of nitrogens with one attached hydrogen (secondary N) is 3. The van der Waals surface area contributed by atoms with E-state index in [4.69, 9.17) is 9.47 Å². The van der Waals surface area contributed by atoms with Crippen molar-refractivity contribution < 1.29 is 19.1 Å². The van der Waals surface area contributed by atoms with Crippen LogP contribution in [0.3, 0.4) is 0 Å². The van der Waals surface area contributed by atoms with Gasteiger partial charge in [-0.25, -0.2) is 4.98 Å². The van der Waals surface area contributed by atoms with Gasteiger partial charge in [0.15, 0.2) is 0 Å². The Bertz CT molecular complexity index is 1240. The molecule has 1 aromatic carbocycles. The summed E-state index contributed by atoms with van der Waals surface area (Å²) in [5, 5.41) is 8.04. The summed E-state index contributed by atoms with van der Waals surface area (Å²) < 4.78 is 11.1. The number of rotatable bonds is 9. The van der Waals surface area contributed by atoms with Crippen LogP contribution in [-0.2, 0) is 22.7 Å². The maximum atomic E-state index is 12.7. The molecule has 2 heterocycles. The van der Waals surface area contributed by atoms with E-state index in [9.17, 15) is 14.4 Å². The van der Waals surface area contributed by atoms with Gasteiger partial charge in [0.05, 0.1) is 19.1 Å². The minimum atomic E-state index is -0.456. The quantitative estimate of drug-likeness (QED) is 0.429. The number of carbonyl (C=O) groups is 2. The topological polar surface area (TPSA) is 122 Å². The summed E-state index contributed by atoms with van der Waals surface area (Å²) in [6.07, 6.45) is 2.87. The number of amides is 2. The molecule has 1 saturated carbocycles. The Kier molecular flexibility index (Phi) is 7.59. The van der Waals surface area contributed by atoms with Crippen molar-refractivity contribution in [2.45, 2.75) is 45.4 Å². The first-order chi connectivity index (χ1) is 16.4. The molecule has 0 radical (unpaired) electrons. The minimum absolute atomic E-state index is 0.00335. The molecule has 0 bridgehead atoms. The van der Waals surface area contributed by atoms with Gasteiger partial charge in [0.1, 0.15) is 10.6 Å². The fourth-order valence-corrected chi connectivity index (χ4v) is 5.17. The molecule has 2 amide bonds. The van der Waals surface area contributed by atoms with Gasteiger partial charge in [-0.1, -0.05) is 12.1 Å². The minimum Gasteiger partial charge on any atom is -0.497 e. The van der Waals surface area contributed by atoms with Gasteiger partial charge in [-0.05, 0) is 48.3 Å². The molecule has 2 unspecified atom stereocenters. The molecule has 2 aromatic heterocycles. The number of ether oxygens (including phenoxy) is 2. The van der Waals surface area contributed by atoms with Crippen molar-refractivity contribution in [3.63, 3.8) is 0 Å². The molecule has 180 valence electrons. The first-order valence-electron chi connectivity index (χ1n) is 11.2. The number of hydrogen-bond donors (Lipinski definition) is 3. The molecular formula is C24H28N4O5S. The van der Waals surface area contributed by atoms with Gasteiger partial charge in [-0.15, -0.1) is 11.3 Å². The van der Waals surface area contributed by atoms with E-state index in [1.54, 1.807) is 7.11 Å². The van der Waals surface area contributed by atoms with Crippen LogP contribution in [0.2, 0.25) is 0 Å². The lowest BCUT2D eigenvalue weighted by Gasteiger charge is -2.12. The summed E-state index contributed by atoms with van der Waals surface area (Å²) in [5.41, 5.74) is 1.27. The van der Waals surface area contributed by atoms with Crippen LogP contribution in [0.1, 0.15) is 47.9 Å². The number of fused-ring (bicyclic) bond motifs is 1. The van der Waals surface area contributed by atoms with E-state index < -0.39 is 5.91 Å². The molecule has 0 spiro atoms. The zero-order chi connectivity index (χ0) is 24.1. The van der Waals surface area contributed by atoms with Gasteiger partial charge in [-0.2, -0.15) is 0 Å². The summed E-state index contributed by atoms with van der Waals surface area (Å²) in [6.45, 7) is 2.69. The second-order valence-electron chi connectivity index (χ2n) is 8.48. The fraction of sp³-hybridized carbons (Fsp3) is 0.417. The zero-order valence-electron chi connectivity index (χ0n) is 19.2. The summed E-state index contributed by atoms with van der Waals surface area (Å²) >= 11 is 1.31. The molecule has 1 aliphatic rings. The molecule has 3 N–H and O–H groups in total. The summed E-state index contributed by atoms with van der Waals surface area (Å²) in [5.74, 6) is 0.607. The lowest BCUT2D eigenvalue weighted by atomic mass is 10.1. The van der Waals surface area contributed by atoms with Crippen molar-refractivity contribution >= 4 is 33.4 Å². The van der Waals surface area contributed by atoms with Crippen LogP contribution in [0.15, 0.2) is 34.4 Å². The molecule has 0 aliphatic heterocycles. The largest absolute Gasteiger partial charge is 0.497 e. The van der Waals surface area contributed by atoms with Crippen LogP contribution in [-0.4, -0.2) is 41.5 Å². The van der Waals surface area contributed by atoms with E-state index in [0.29, 0.717) is 35.1 Å². The second kappa shape index (κ2) is 10.8. The molecule has 2 atom stereocenters. The molecule has 10 heteroatoms. The average molecular weight is 485 g/mol. The fourth-order valence-electron chi connectivity index (χ4n) is 4.25. The second-order valence-corrected chi connectivity index (χ2v) is 9.34. The van der Waals surface area contributed by atoms with Crippen LogP contribution < -0.4 is 20.9 Å². The van der Waals surface area contributed by atoms with E-state index >= 15 is 0 Å². The van der Waals surface area contributed by atoms with Gasteiger partial charge in [0.2, 0.25) is 11.7 Å². The Morgan fingerprint density at radius 2 is 2.15 bits per heavy atom. The van der Waals surface area contributed by atoms with Crippen LogP contribution >= 0.6 is 11.3 Å². The monoisotopic (exact) mass is 484 g/mol. The Balaban J connectivity index is 1.35. The third-order valence-corrected chi connectivity index (χ3v) is 6.80. The van der Waals surface area contributed by atoms with E-state index in [-0.39, 0.29) is 29.9 Å². The average Bonchev–Trinajstić information content (AvgIpc) is 3.44. The summed E-state index contributed by atoms with van der Waals surface area (Å²) in [6, 6.07) is 7.59. The van der Waals surface area contributed by atoms with Crippen LogP contribution in [0, 0.1) is 5.92 Å². The van der Waals surface area contributed by atoms with Crippen LogP contribution in [0.5, 0.6) is 5.75 Å². The van der Waals surface area contributed by atoms with Crippen molar-refractivity contribution in [3.8, 4) is 5.75 Å². The van der Waals surface area contributed by atoms with Gasteiger partial charge in [0, 0.05) is 31.7 Å². The normalized spacial score (nSPS) is 17.6. The van der Waals surface area contributed by atoms with E-state index in [2.05, 4.69) is 20.6 Å². The van der Waals surface area contributed by atoms with Crippen LogP contribution in [0.4, 0.5) is 0 Å². The molecule has 1 fully saturated rings. The van der Waals surface area contributed by atoms with Gasteiger partial charge >= 0.3 is 0 Å². The molecule has 1 aliphatic carbocycles. The number of benzene rings is 1. The SMILES string of the molecule is COc1cccc(CNC(=O)c2nc3scc(COCC4CCC(NC(C)=O)C4)c3c(=O)[nH]2)c1. The number of aromatic nitrogens is 2. The summed E-state index contributed by atoms with van der Waals surface area (Å²) in [7, 11) is 1.58. The Labute approximate surface area is 200 Å². The van der Waals surface area contributed by atoms with Crippen molar-refractivity contribution in [2.75, 3.05) is 13.7 Å². The molecular weight excluding hydrogens is 456 g/mol. The number of carbonyl (C=O) groups excluding carboxylic acids is 2. The highest BCUT2D eigenvalue weighted by molar-refractivity contribution is 7.16. The van der Waals surface area contributed by atoms with Crippen molar-refractivity contribution in [3.05, 3.63) is 57.0 Å². The van der Waals surface area contributed by atoms with Crippen molar-refractivity contribution in [1.29, 1.82) is 0 Å². The highest BCUT2D eigenvalue weighted by atomic mass is 32.1. The molecule has 0 saturated heterocycles. The smallest absolute Gasteiger partial charge is 0.287 e. The molecule has 9 nitrogen and oxygen atoms in total. The number of aromatic amines is 1. The van der Waals surface area contributed by atoms with E-state index in [1.165, 1.54) is 18.3 Å². The van der Waals surface area contributed by atoms with E-state index in [0.717, 1.165) is 30.4 Å². The molecule has 4 rings (SSSR count). The van der Waals surface area contributed by atoms with Gasteiger partial charge < -0.3 is 25.1 Å². The Hall–Kier alpha value is -3.24. The summed E-state index contributed by atoms with van der Waals surface area (Å²) in [4.78, 5) is 44.0. The first-order valence-corrected chi connectivity index (χ1v) is 12.1. The van der Waals surface area contributed by atoms with Gasteiger partial charge in [0.25, 0.3) is 11.5 Å². The highest BCUT2D eigenvalue weighted by Crippen LogP contribution is 2.27. The van der Waals surface area contributed by atoms with E-state index in [1.807, 2.05) is 29.6 Å². The first kappa shape index (κ1) is 23.9. The third kappa shape index (κ3) is 5.81. The zero-order valence-corrected chi connectivity index (χ0v) is 20.0. The number of hydrogen-bond acceptors (Lipinski definition) is 7. The molecule has 3 aromatic rings.